The van der Waals surface area contributed by atoms with Crippen LogP contribution in [0.15, 0.2) is 31.4 Å². The predicted molar refractivity (Wildman–Crippen MR) is 191 cm³/mol. The molecule has 0 amide bonds. The molecule has 1 aliphatic carbocycles. The topological polar surface area (TPSA) is 34.1 Å². The molecule has 2 atom stereocenters. The molecule has 0 N–H and O–H groups in total. The zero-order chi connectivity index (χ0) is 30.0. The Morgan fingerprint density at radius 2 is 1.29 bits per heavy atom. The molecule has 0 aromatic carbocycles. The van der Waals surface area contributed by atoms with Gasteiger partial charge in [0.2, 0.25) is 0 Å². The van der Waals surface area contributed by atoms with E-state index in [1.807, 2.05) is 6.07 Å². The molecule has 0 radical (unpaired) electrons. The molecule has 0 fully saturated rings. The molecular weight excluding hydrogens is 775 g/mol. The van der Waals surface area contributed by atoms with E-state index in [1.165, 1.54) is 43.0 Å². The second-order valence-corrected chi connectivity index (χ2v) is 18.1. The Balaban J connectivity index is 1.71. The number of carbonyl (C=O) groups is 2. The molecule has 8 heteroatoms. The average molecular weight is 814 g/mol. The number of ketones is 2. The van der Waals surface area contributed by atoms with Crippen LogP contribution in [0.3, 0.4) is 0 Å². The molecule has 0 saturated heterocycles. The molecule has 2 nitrogen and oxygen atoms in total. The van der Waals surface area contributed by atoms with Crippen LogP contribution in [0, 0.1) is 11.8 Å². The number of hydrogen-bond acceptors (Lipinski definition) is 5. The summed E-state index contributed by atoms with van der Waals surface area (Å²) < 4.78 is 3.19. The second-order valence-electron chi connectivity index (χ2n) is 11.3. The van der Waals surface area contributed by atoms with Crippen molar-refractivity contribution in [2.45, 2.75) is 91.9 Å². The minimum atomic E-state index is 0.0667. The summed E-state index contributed by atoms with van der Waals surface area (Å²) in [4.78, 5) is 37.1. The van der Waals surface area contributed by atoms with Crippen molar-refractivity contribution in [3.8, 4) is 19.1 Å². The third-order valence-electron chi connectivity index (χ3n) is 8.55. The van der Waals surface area contributed by atoms with Crippen molar-refractivity contribution < 1.29 is 9.59 Å². The molecule has 1 aliphatic rings. The first-order valence-corrected chi connectivity index (χ1v) is 21.2. The Morgan fingerprint density at radius 1 is 0.714 bits per heavy atom. The van der Waals surface area contributed by atoms with Crippen LogP contribution in [0.25, 0.3) is 19.1 Å². The summed E-state index contributed by atoms with van der Waals surface area (Å²) in [6, 6.07) is 4.13. The van der Waals surface area contributed by atoms with Gasteiger partial charge in [0.1, 0.15) is 0 Å². The fourth-order valence-electron chi connectivity index (χ4n) is 6.05. The molecule has 4 aromatic heterocycles. The number of rotatable bonds is 14. The van der Waals surface area contributed by atoms with Crippen molar-refractivity contribution >= 4 is 91.9 Å². The summed E-state index contributed by atoms with van der Waals surface area (Å²) in [5.74, 6) is 1.21. The summed E-state index contributed by atoms with van der Waals surface area (Å²) in [7, 11) is 0. The number of fused-ring (bicyclic) bond motifs is 2. The van der Waals surface area contributed by atoms with Crippen LogP contribution in [0.2, 0.25) is 0 Å². The van der Waals surface area contributed by atoms with E-state index in [0.29, 0.717) is 23.0 Å². The first kappa shape index (κ1) is 32.8. The van der Waals surface area contributed by atoms with Gasteiger partial charge in [-0.1, -0.05) is 6.92 Å². The van der Waals surface area contributed by atoms with Crippen molar-refractivity contribution in [2.75, 3.05) is 0 Å². The monoisotopic (exact) mass is 812 g/mol. The van der Waals surface area contributed by atoms with Gasteiger partial charge in [0.05, 0.1) is 0 Å². The number of carbonyl (C=O) groups excluding carboxylic acids is 2. The summed E-state index contributed by atoms with van der Waals surface area (Å²) in [6.07, 6.45) is 11.1. The molecule has 0 spiro atoms. The molecule has 42 heavy (non-hydrogen) atoms. The maximum atomic E-state index is 14.9. The van der Waals surface area contributed by atoms with Gasteiger partial charge in [0, 0.05) is 0 Å². The van der Waals surface area contributed by atoms with E-state index < -0.39 is 0 Å². The summed E-state index contributed by atoms with van der Waals surface area (Å²) >= 11 is 12.7. The summed E-state index contributed by atoms with van der Waals surface area (Å²) in [5.41, 5.74) is 2.75. The van der Waals surface area contributed by atoms with E-state index >= 15 is 0 Å². The van der Waals surface area contributed by atoms with Crippen LogP contribution < -0.4 is 0 Å². The van der Waals surface area contributed by atoms with Crippen molar-refractivity contribution in [1.29, 1.82) is 0 Å². The van der Waals surface area contributed by atoms with Gasteiger partial charge in [-0.25, -0.2) is 0 Å². The van der Waals surface area contributed by atoms with E-state index in [2.05, 4.69) is 75.9 Å². The second kappa shape index (κ2) is 14.7. The molecule has 2 unspecified atom stereocenters. The van der Waals surface area contributed by atoms with Crippen LogP contribution in [0.1, 0.15) is 121 Å². The average Bonchev–Trinajstić information content (AvgIpc) is 3.77. The van der Waals surface area contributed by atoms with Gasteiger partial charge in [0.15, 0.2) is 0 Å². The van der Waals surface area contributed by atoms with Crippen LogP contribution >= 0.6 is 65.9 Å². The van der Waals surface area contributed by atoms with Gasteiger partial charge in [0.25, 0.3) is 0 Å². The van der Waals surface area contributed by atoms with E-state index in [4.69, 9.17) is 0 Å². The van der Waals surface area contributed by atoms with Crippen LogP contribution in [0.5, 0.6) is 0 Å². The van der Waals surface area contributed by atoms with Crippen molar-refractivity contribution in [3.05, 3.63) is 63.4 Å². The van der Waals surface area contributed by atoms with Gasteiger partial charge in [-0.2, -0.15) is 0 Å². The number of hydrogen-bond donors (Lipinski definition) is 0. The third kappa shape index (κ3) is 6.38. The molecule has 4 heterocycles. The number of halogens is 2. The van der Waals surface area contributed by atoms with Gasteiger partial charge in [-0.05, 0) is 0 Å². The molecular formula is C34H38Br2O2S3Se. The van der Waals surface area contributed by atoms with Gasteiger partial charge < -0.3 is 0 Å². The number of unbranched alkanes of at least 4 members (excludes halogenated alkanes) is 2. The molecule has 5 rings (SSSR count). The van der Waals surface area contributed by atoms with Crippen LogP contribution in [-0.2, 0) is 12.8 Å². The van der Waals surface area contributed by atoms with Crippen molar-refractivity contribution in [1.82, 2.24) is 0 Å². The Hall–Kier alpha value is -0.601. The Labute approximate surface area is 285 Å². The predicted octanol–water partition coefficient (Wildman–Crippen LogP) is 12.1. The fourth-order valence-corrected chi connectivity index (χ4v) is 14.1. The minimum absolute atomic E-state index is 0.0667. The first-order valence-electron chi connectivity index (χ1n) is 15.2. The normalized spacial score (nSPS) is 14.3. The standard InChI is InChI=1S/C34H38Br2O2S3Se/c1-5-9-11-19(7-3)17-23-25-26(24(40-23)18-20(8-4)12-10-6-2)30(38)28-27(29(25)37)32(31-21(35)13-15-39-31)41-33(28)34-22(36)14-16-42-34/h13-16,19-20H,5-12,17-18H2,1-4H3. The van der Waals surface area contributed by atoms with Crippen molar-refractivity contribution in [2.24, 2.45) is 11.8 Å². The third-order valence-corrected chi connectivity index (χ3v) is 16.5. The zero-order valence-electron chi connectivity index (χ0n) is 24.7. The maximum absolute atomic E-state index is 14.9. The van der Waals surface area contributed by atoms with E-state index in [0.717, 1.165) is 70.1 Å². The van der Waals surface area contributed by atoms with Gasteiger partial charge in [-0.15, -0.1) is 0 Å². The van der Waals surface area contributed by atoms with Crippen molar-refractivity contribution in [3.63, 3.8) is 0 Å². The fraction of sp³-hybridized carbons (Fsp3) is 0.471. The molecule has 0 bridgehead atoms. The molecule has 0 saturated carbocycles. The van der Waals surface area contributed by atoms with Crippen LogP contribution in [0.4, 0.5) is 0 Å². The Kier molecular flexibility index (Phi) is 11.4. The molecule has 4 aromatic rings. The molecule has 224 valence electrons. The first-order chi connectivity index (χ1) is 20.3. The Morgan fingerprint density at radius 3 is 1.74 bits per heavy atom. The van der Waals surface area contributed by atoms with E-state index in [9.17, 15) is 9.59 Å². The summed E-state index contributed by atoms with van der Waals surface area (Å²) in [5, 5.41) is 2.05. The Bertz CT molecular complexity index is 1460. The number of thiophene rings is 3. The SMILES string of the molecule is CCCCC(CC)Cc1sc(CC(CC)CCCC)c2c1C(=O)c1c(-c3sccc3Br)sc(-c3[se]ccc3Br)c1C2=O. The van der Waals surface area contributed by atoms with E-state index in [-0.39, 0.29) is 26.1 Å². The molecule has 0 aliphatic heterocycles. The van der Waals surface area contributed by atoms with Crippen LogP contribution in [-0.4, -0.2) is 26.1 Å². The summed E-state index contributed by atoms with van der Waals surface area (Å²) in [6.45, 7) is 9.03. The zero-order valence-corrected chi connectivity index (χ0v) is 32.1. The van der Waals surface area contributed by atoms with E-state index in [1.54, 1.807) is 34.0 Å². The van der Waals surface area contributed by atoms with Gasteiger partial charge in [-0.3, -0.25) is 0 Å². The quantitative estimate of drug-likeness (QED) is 0.105. The van der Waals surface area contributed by atoms with Gasteiger partial charge >= 0.3 is 281 Å².